The minimum Gasteiger partial charge on any atom is -0.267 e. The molecule has 0 fully saturated rings. The van der Waals surface area contributed by atoms with E-state index in [2.05, 4.69) is 36.1 Å². The van der Waals surface area contributed by atoms with E-state index in [4.69, 9.17) is 0 Å². The Morgan fingerprint density at radius 3 is 2.73 bits per heavy atom. The molecule has 0 aliphatic rings. The molecule has 0 radical (unpaired) electrons. The van der Waals surface area contributed by atoms with E-state index < -0.39 is 0 Å². The van der Waals surface area contributed by atoms with E-state index in [1.165, 1.54) is 5.56 Å². The summed E-state index contributed by atoms with van der Waals surface area (Å²) in [5.41, 5.74) is 2.32. The average Bonchev–Trinajstić information content (AvgIpc) is 2.71. The van der Waals surface area contributed by atoms with Gasteiger partial charge in [-0.3, -0.25) is 9.67 Å². The molecule has 0 aromatic carbocycles. The maximum Gasteiger partial charge on any atom is 0.0831 e. The third kappa shape index (κ3) is 2.43. The number of hydrogen-bond acceptors (Lipinski definition) is 2. The lowest BCUT2D eigenvalue weighted by molar-refractivity contribution is 0.671. The fraction of sp³-hybridized carbons (Fsp3) is 0.333. The van der Waals surface area contributed by atoms with Crippen molar-refractivity contribution in [2.24, 2.45) is 0 Å². The monoisotopic (exact) mass is 201 g/mol. The zero-order chi connectivity index (χ0) is 10.7. The van der Waals surface area contributed by atoms with Crippen LogP contribution in [-0.2, 0) is 6.54 Å². The maximum atomic E-state index is 4.41. The normalized spacial score (nSPS) is 10.9. The van der Waals surface area contributed by atoms with Crippen LogP contribution in [0.15, 0.2) is 36.8 Å². The quantitative estimate of drug-likeness (QED) is 0.763. The number of hydrogen-bond donors (Lipinski definition) is 0. The molecular formula is C12H15N3. The molecule has 0 amide bonds. The van der Waals surface area contributed by atoms with Crippen molar-refractivity contribution >= 4 is 0 Å². The third-order valence-corrected chi connectivity index (χ3v) is 2.40. The van der Waals surface area contributed by atoms with Gasteiger partial charge in [0.05, 0.1) is 12.2 Å². The standard InChI is InChI=1S/C12H15N3/c1-10(2)11-4-5-12(13-8-11)9-15-7-3-6-14-15/h3-8,10H,9H2,1-2H3. The molecule has 0 bridgehead atoms. The Bertz CT molecular complexity index is 401. The van der Waals surface area contributed by atoms with Crippen molar-refractivity contribution in [3.05, 3.63) is 48.0 Å². The molecule has 3 nitrogen and oxygen atoms in total. The molecule has 2 heterocycles. The Morgan fingerprint density at radius 2 is 2.20 bits per heavy atom. The van der Waals surface area contributed by atoms with Crippen molar-refractivity contribution in [2.45, 2.75) is 26.3 Å². The summed E-state index contributed by atoms with van der Waals surface area (Å²) in [6, 6.07) is 6.12. The van der Waals surface area contributed by atoms with Crippen molar-refractivity contribution in [1.29, 1.82) is 0 Å². The Balaban J connectivity index is 2.11. The highest BCUT2D eigenvalue weighted by Crippen LogP contribution is 2.12. The van der Waals surface area contributed by atoms with Gasteiger partial charge in [0.1, 0.15) is 0 Å². The van der Waals surface area contributed by atoms with Gasteiger partial charge in [-0.15, -0.1) is 0 Å². The van der Waals surface area contributed by atoms with Crippen LogP contribution in [0.1, 0.15) is 31.0 Å². The first-order valence-corrected chi connectivity index (χ1v) is 5.18. The molecule has 0 aliphatic heterocycles. The van der Waals surface area contributed by atoms with Crippen LogP contribution in [0.3, 0.4) is 0 Å². The molecule has 78 valence electrons. The van der Waals surface area contributed by atoms with Gasteiger partial charge in [0, 0.05) is 18.6 Å². The zero-order valence-electron chi connectivity index (χ0n) is 9.09. The van der Waals surface area contributed by atoms with Gasteiger partial charge in [-0.1, -0.05) is 19.9 Å². The van der Waals surface area contributed by atoms with Crippen LogP contribution in [0.2, 0.25) is 0 Å². The van der Waals surface area contributed by atoms with E-state index in [9.17, 15) is 0 Å². The summed E-state index contributed by atoms with van der Waals surface area (Å²) in [7, 11) is 0. The second-order valence-electron chi connectivity index (χ2n) is 3.94. The van der Waals surface area contributed by atoms with Crippen molar-refractivity contribution in [2.75, 3.05) is 0 Å². The fourth-order valence-corrected chi connectivity index (χ4v) is 1.43. The molecule has 0 N–H and O–H groups in total. The number of nitrogens with zero attached hydrogens (tertiary/aromatic N) is 3. The first kappa shape index (κ1) is 9.90. The lowest BCUT2D eigenvalue weighted by Gasteiger charge is -2.06. The molecule has 0 aliphatic carbocycles. The van der Waals surface area contributed by atoms with Crippen LogP contribution in [0.25, 0.3) is 0 Å². The topological polar surface area (TPSA) is 30.7 Å². The molecule has 2 aromatic heterocycles. The predicted octanol–water partition coefficient (Wildman–Crippen LogP) is 2.45. The van der Waals surface area contributed by atoms with Crippen LogP contribution >= 0.6 is 0 Å². The highest BCUT2D eigenvalue weighted by atomic mass is 15.3. The maximum absolute atomic E-state index is 4.41. The molecule has 15 heavy (non-hydrogen) atoms. The van der Waals surface area contributed by atoms with Gasteiger partial charge in [-0.2, -0.15) is 5.10 Å². The largest absolute Gasteiger partial charge is 0.267 e. The summed E-state index contributed by atoms with van der Waals surface area (Å²) in [6.45, 7) is 5.08. The van der Waals surface area contributed by atoms with E-state index >= 15 is 0 Å². The average molecular weight is 201 g/mol. The van der Waals surface area contributed by atoms with Crippen LogP contribution < -0.4 is 0 Å². The Morgan fingerprint density at radius 1 is 1.33 bits per heavy atom. The van der Waals surface area contributed by atoms with Crippen LogP contribution in [0, 0.1) is 0 Å². The molecule has 2 rings (SSSR count). The van der Waals surface area contributed by atoms with Crippen LogP contribution in [-0.4, -0.2) is 14.8 Å². The minimum atomic E-state index is 0.538. The van der Waals surface area contributed by atoms with Gasteiger partial charge in [-0.05, 0) is 23.6 Å². The van der Waals surface area contributed by atoms with Crippen molar-refractivity contribution in [3.8, 4) is 0 Å². The molecule has 0 saturated heterocycles. The van der Waals surface area contributed by atoms with Crippen LogP contribution in [0.5, 0.6) is 0 Å². The molecular weight excluding hydrogens is 186 g/mol. The molecule has 0 atom stereocenters. The van der Waals surface area contributed by atoms with Gasteiger partial charge in [-0.25, -0.2) is 0 Å². The summed E-state index contributed by atoms with van der Waals surface area (Å²) in [5.74, 6) is 0.538. The number of aromatic nitrogens is 3. The van der Waals surface area contributed by atoms with Gasteiger partial charge in [0.15, 0.2) is 0 Å². The van der Waals surface area contributed by atoms with Crippen molar-refractivity contribution in [1.82, 2.24) is 14.8 Å². The SMILES string of the molecule is CC(C)c1ccc(Cn2cccn2)nc1. The first-order chi connectivity index (χ1) is 7.25. The summed E-state index contributed by atoms with van der Waals surface area (Å²) in [6.07, 6.45) is 5.67. The Kier molecular flexibility index (Phi) is 2.81. The van der Waals surface area contributed by atoms with Gasteiger partial charge >= 0.3 is 0 Å². The molecule has 3 heteroatoms. The Hall–Kier alpha value is -1.64. The molecule has 2 aromatic rings. The summed E-state index contributed by atoms with van der Waals surface area (Å²) in [5, 5.41) is 4.15. The number of rotatable bonds is 3. The predicted molar refractivity (Wildman–Crippen MR) is 59.7 cm³/mol. The van der Waals surface area contributed by atoms with Gasteiger partial charge in [0.25, 0.3) is 0 Å². The fourth-order valence-electron chi connectivity index (χ4n) is 1.43. The number of pyridine rings is 1. The van der Waals surface area contributed by atoms with E-state index in [0.717, 1.165) is 12.2 Å². The van der Waals surface area contributed by atoms with Crippen molar-refractivity contribution < 1.29 is 0 Å². The Labute approximate surface area is 89.8 Å². The lowest BCUT2D eigenvalue weighted by atomic mass is 10.1. The van der Waals surface area contributed by atoms with Gasteiger partial charge in [0.2, 0.25) is 0 Å². The second-order valence-corrected chi connectivity index (χ2v) is 3.94. The molecule has 0 unspecified atom stereocenters. The van der Waals surface area contributed by atoms with Crippen molar-refractivity contribution in [3.63, 3.8) is 0 Å². The molecule has 0 spiro atoms. The van der Waals surface area contributed by atoms with Gasteiger partial charge < -0.3 is 0 Å². The summed E-state index contributed by atoms with van der Waals surface area (Å²) < 4.78 is 1.87. The van der Waals surface area contributed by atoms with E-state index in [1.54, 1.807) is 6.20 Å². The zero-order valence-corrected chi connectivity index (χ0v) is 9.09. The smallest absolute Gasteiger partial charge is 0.0831 e. The molecule has 0 saturated carbocycles. The second kappa shape index (κ2) is 4.26. The summed E-state index contributed by atoms with van der Waals surface area (Å²) in [4.78, 5) is 4.41. The lowest BCUT2D eigenvalue weighted by Crippen LogP contribution is -2.02. The highest BCUT2D eigenvalue weighted by molar-refractivity contribution is 5.17. The van der Waals surface area contributed by atoms with E-state index in [0.29, 0.717) is 5.92 Å². The first-order valence-electron chi connectivity index (χ1n) is 5.18. The third-order valence-electron chi connectivity index (χ3n) is 2.40. The summed E-state index contributed by atoms with van der Waals surface area (Å²) >= 11 is 0. The van der Waals surface area contributed by atoms with E-state index in [-0.39, 0.29) is 0 Å². The highest BCUT2D eigenvalue weighted by Gasteiger charge is 2.00. The van der Waals surface area contributed by atoms with Crippen LogP contribution in [0.4, 0.5) is 0 Å². The minimum absolute atomic E-state index is 0.538. The van der Waals surface area contributed by atoms with E-state index in [1.807, 2.05) is 23.1 Å².